The van der Waals surface area contributed by atoms with Crippen molar-refractivity contribution in [3.8, 4) is 0 Å². The summed E-state index contributed by atoms with van der Waals surface area (Å²) < 4.78 is 0. The van der Waals surface area contributed by atoms with E-state index in [2.05, 4.69) is 63.0 Å². The zero-order valence-electron chi connectivity index (χ0n) is 11.9. The van der Waals surface area contributed by atoms with E-state index in [9.17, 15) is 0 Å². The van der Waals surface area contributed by atoms with Crippen molar-refractivity contribution in [2.24, 2.45) is 0 Å². The highest BCUT2D eigenvalue weighted by Crippen LogP contribution is 2.20. The fraction of sp³-hybridized carbons (Fsp3) is 0.600. The molecule has 0 aliphatic heterocycles. The molecule has 1 aromatic carbocycles. The highest BCUT2D eigenvalue weighted by Gasteiger charge is 2.09. The first-order valence-corrected chi connectivity index (χ1v) is 6.63. The number of nitrogens with one attached hydrogen (secondary N) is 1. The molecule has 0 aromatic heterocycles. The van der Waals surface area contributed by atoms with Crippen LogP contribution in [0.1, 0.15) is 31.9 Å². The van der Waals surface area contributed by atoms with Crippen molar-refractivity contribution in [2.75, 3.05) is 25.0 Å². The summed E-state index contributed by atoms with van der Waals surface area (Å²) in [4.78, 5) is 2.45. The summed E-state index contributed by atoms with van der Waals surface area (Å²) in [5.74, 6) is 0. The molecule has 2 heteroatoms. The summed E-state index contributed by atoms with van der Waals surface area (Å²) in [5, 5.41) is 3.64. The van der Waals surface area contributed by atoms with Crippen molar-refractivity contribution in [3.05, 3.63) is 29.3 Å². The van der Waals surface area contributed by atoms with Gasteiger partial charge in [-0.2, -0.15) is 0 Å². The Kier molecular flexibility index (Phi) is 5.49. The lowest BCUT2D eigenvalue weighted by Gasteiger charge is -2.25. The molecule has 17 heavy (non-hydrogen) atoms. The molecule has 1 N–H and O–H groups in total. The predicted octanol–water partition coefficient (Wildman–Crippen LogP) is 3.45. The number of rotatable bonds is 6. The summed E-state index contributed by atoms with van der Waals surface area (Å²) in [5.41, 5.74) is 3.96. The highest BCUT2D eigenvalue weighted by atomic mass is 15.1. The molecule has 0 fully saturated rings. The molecule has 0 spiro atoms. The van der Waals surface area contributed by atoms with Crippen molar-refractivity contribution in [1.29, 1.82) is 0 Å². The van der Waals surface area contributed by atoms with Gasteiger partial charge in [-0.3, -0.25) is 0 Å². The van der Waals surface area contributed by atoms with Gasteiger partial charge in [0.15, 0.2) is 0 Å². The number of likely N-dealkylation sites (N-methyl/N-ethyl adjacent to an activating group) is 1. The van der Waals surface area contributed by atoms with Gasteiger partial charge in [-0.15, -0.1) is 0 Å². The molecule has 0 amide bonds. The van der Waals surface area contributed by atoms with Gasteiger partial charge in [-0.25, -0.2) is 0 Å². The molecule has 0 saturated carbocycles. The summed E-state index contributed by atoms with van der Waals surface area (Å²) in [7, 11) is 0. The number of benzene rings is 1. The molecule has 1 unspecified atom stereocenters. The zero-order valence-corrected chi connectivity index (χ0v) is 11.9. The van der Waals surface area contributed by atoms with Crippen LogP contribution in [0.3, 0.4) is 0 Å². The van der Waals surface area contributed by atoms with E-state index >= 15 is 0 Å². The average Bonchev–Trinajstić information content (AvgIpc) is 2.31. The second kappa shape index (κ2) is 6.65. The standard InChI is InChI=1S/C15H26N2/c1-6-17(7-2)11-14(5)16-15-12(3)9-8-10-13(15)4/h8-10,14,16H,6-7,11H2,1-5H3. The smallest absolute Gasteiger partial charge is 0.0402 e. The van der Waals surface area contributed by atoms with Crippen LogP contribution in [0.25, 0.3) is 0 Å². The Morgan fingerprint density at radius 1 is 1.12 bits per heavy atom. The Labute approximate surface area is 106 Å². The van der Waals surface area contributed by atoms with E-state index in [0.29, 0.717) is 6.04 Å². The van der Waals surface area contributed by atoms with E-state index in [1.165, 1.54) is 16.8 Å². The lowest BCUT2D eigenvalue weighted by molar-refractivity contribution is 0.295. The van der Waals surface area contributed by atoms with Crippen LogP contribution in [0.5, 0.6) is 0 Å². The first-order chi connectivity index (χ1) is 8.08. The molecule has 1 aromatic rings. The lowest BCUT2D eigenvalue weighted by Crippen LogP contribution is -2.35. The summed E-state index contributed by atoms with van der Waals surface area (Å²) in [6, 6.07) is 6.93. The molecule has 0 aliphatic rings. The number of para-hydroxylation sites is 1. The van der Waals surface area contributed by atoms with Crippen molar-refractivity contribution < 1.29 is 0 Å². The third kappa shape index (κ3) is 4.04. The van der Waals surface area contributed by atoms with Gasteiger partial charge in [-0.05, 0) is 45.0 Å². The first kappa shape index (κ1) is 14.0. The van der Waals surface area contributed by atoms with E-state index in [-0.39, 0.29) is 0 Å². The van der Waals surface area contributed by atoms with Gasteiger partial charge in [0.2, 0.25) is 0 Å². The van der Waals surface area contributed by atoms with Crippen LogP contribution in [-0.2, 0) is 0 Å². The number of aryl methyl sites for hydroxylation is 2. The van der Waals surface area contributed by atoms with Gasteiger partial charge in [0, 0.05) is 18.3 Å². The van der Waals surface area contributed by atoms with Gasteiger partial charge in [0.25, 0.3) is 0 Å². The van der Waals surface area contributed by atoms with E-state index < -0.39 is 0 Å². The van der Waals surface area contributed by atoms with Gasteiger partial charge in [0.1, 0.15) is 0 Å². The predicted molar refractivity (Wildman–Crippen MR) is 76.8 cm³/mol. The lowest BCUT2D eigenvalue weighted by atomic mass is 10.1. The number of hydrogen-bond donors (Lipinski definition) is 1. The molecular formula is C15H26N2. The SMILES string of the molecule is CCN(CC)CC(C)Nc1c(C)cccc1C. The van der Waals surface area contributed by atoms with E-state index in [1.54, 1.807) is 0 Å². The fourth-order valence-corrected chi connectivity index (χ4v) is 2.20. The van der Waals surface area contributed by atoms with Crippen molar-refractivity contribution >= 4 is 5.69 Å². The van der Waals surface area contributed by atoms with Gasteiger partial charge in [0.05, 0.1) is 0 Å². The second-order valence-corrected chi connectivity index (χ2v) is 4.80. The van der Waals surface area contributed by atoms with Crippen LogP contribution >= 0.6 is 0 Å². The van der Waals surface area contributed by atoms with E-state index in [1.807, 2.05) is 0 Å². The largest absolute Gasteiger partial charge is 0.381 e. The third-order valence-corrected chi connectivity index (χ3v) is 3.30. The molecule has 0 bridgehead atoms. The summed E-state index contributed by atoms with van der Waals surface area (Å²) in [6.07, 6.45) is 0. The minimum atomic E-state index is 0.481. The normalized spacial score (nSPS) is 12.8. The Balaban J connectivity index is 2.64. The van der Waals surface area contributed by atoms with Crippen molar-refractivity contribution in [3.63, 3.8) is 0 Å². The fourth-order valence-electron chi connectivity index (χ4n) is 2.20. The Bertz CT molecular complexity index is 323. The van der Waals surface area contributed by atoms with Crippen LogP contribution in [-0.4, -0.2) is 30.6 Å². The van der Waals surface area contributed by atoms with Crippen molar-refractivity contribution in [2.45, 2.75) is 40.7 Å². The van der Waals surface area contributed by atoms with Gasteiger partial charge < -0.3 is 10.2 Å². The quantitative estimate of drug-likeness (QED) is 0.811. The first-order valence-electron chi connectivity index (χ1n) is 6.63. The molecule has 2 nitrogen and oxygen atoms in total. The van der Waals surface area contributed by atoms with Crippen LogP contribution in [0, 0.1) is 13.8 Å². The minimum Gasteiger partial charge on any atom is -0.381 e. The molecular weight excluding hydrogens is 208 g/mol. The molecule has 0 saturated heterocycles. The highest BCUT2D eigenvalue weighted by molar-refractivity contribution is 5.57. The van der Waals surface area contributed by atoms with Gasteiger partial charge in [-0.1, -0.05) is 32.0 Å². The van der Waals surface area contributed by atoms with Crippen LogP contribution in [0.2, 0.25) is 0 Å². The summed E-state index contributed by atoms with van der Waals surface area (Å²) in [6.45, 7) is 14.4. The zero-order chi connectivity index (χ0) is 12.8. The minimum absolute atomic E-state index is 0.481. The maximum Gasteiger partial charge on any atom is 0.0402 e. The number of anilines is 1. The molecule has 0 heterocycles. The Hall–Kier alpha value is -1.02. The molecule has 96 valence electrons. The monoisotopic (exact) mass is 234 g/mol. The average molecular weight is 234 g/mol. The van der Waals surface area contributed by atoms with Crippen LogP contribution < -0.4 is 5.32 Å². The summed E-state index contributed by atoms with van der Waals surface area (Å²) >= 11 is 0. The van der Waals surface area contributed by atoms with Crippen molar-refractivity contribution in [1.82, 2.24) is 4.90 Å². The van der Waals surface area contributed by atoms with Gasteiger partial charge >= 0.3 is 0 Å². The van der Waals surface area contributed by atoms with E-state index in [0.717, 1.165) is 19.6 Å². The third-order valence-electron chi connectivity index (χ3n) is 3.30. The second-order valence-electron chi connectivity index (χ2n) is 4.80. The van der Waals surface area contributed by atoms with E-state index in [4.69, 9.17) is 0 Å². The molecule has 0 aliphatic carbocycles. The number of hydrogen-bond acceptors (Lipinski definition) is 2. The maximum atomic E-state index is 3.64. The molecule has 1 rings (SSSR count). The van der Waals surface area contributed by atoms with Crippen LogP contribution in [0.15, 0.2) is 18.2 Å². The molecule has 0 radical (unpaired) electrons. The Morgan fingerprint density at radius 3 is 2.12 bits per heavy atom. The van der Waals surface area contributed by atoms with Crippen LogP contribution in [0.4, 0.5) is 5.69 Å². The number of nitrogens with zero attached hydrogens (tertiary/aromatic N) is 1. The molecule has 1 atom stereocenters. The Morgan fingerprint density at radius 2 is 1.65 bits per heavy atom. The maximum absolute atomic E-state index is 3.64. The topological polar surface area (TPSA) is 15.3 Å².